The zero-order valence-corrected chi connectivity index (χ0v) is 11.1. The van der Waals surface area contributed by atoms with Crippen LogP contribution in [0.25, 0.3) is 11.0 Å². The Morgan fingerprint density at radius 2 is 2.05 bits per heavy atom. The maximum atomic E-state index is 12.7. The molecule has 1 aromatic heterocycles. The van der Waals surface area contributed by atoms with E-state index in [9.17, 15) is 18.0 Å². The van der Waals surface area contributed by atoms with Crippen LogP contribution < -0.4 is 5.32 Å². The predicted octanol–water partition coefficient (Wildman–Crippen LogP) is 2.67. The van der Waals surface area contributed by atoms with E-state index in [1.165, 1.54) is 18.2 Å². The van der Waals surface area contributed by atoms with Crippen LogP contribution in [0.1, 0.15) is 16.1 Å². The molecule has 4 nitrogen and oxygen atoms in total. The molecule has 1 heterocycles. The number of rotatable bonds is 2. The van der Waals surface area contributed by atoms with E-state index in [1.54, 1.807) is 0 Å². The lowest BCUT2D eigenvalue weighted by molar-refractivity contribution is -0.141. The summed E-state index contributed by atoms with van der Waals surface area (Å²) in [4.78, 5) is 18.7. The smallest absolute Gasteiger partial charge is 0.341 e. The van der Waals surface area contributed by atoms with E-state index >= 15 is 0 Å². The van der Waals surface area contributed by atoms with Crippen LogP contribution >= 0.6 is 11.6 Å². The Hall–Kier alpha value is -2.33. The molecule has 0 radical (unpaired) electrons. The van der Waals surface area contributed by atoms with Crippen LogP contribution in [0.3, 0.4) is 0 Å². The molecule has 21 heavy (non-hydrogen) atoms. The van der Waals surface area contributed by atoms with Crippen molar-refractivity contribution < 1.29 is 18.0 Å². The fraction of sp³-hybridized carbons (Fsp3) is 0.154. The number of aromatic nitrogens is 2. The van der Waals surface area contributed by atoms with Crippen molar-refractivity contribution in [1.82, 2.24) is 15.3 Å². The molecule has 108 valence electrons. The van der Waals surface area contributed by atoms with Gasteiger partial charge in [-0.25, -0.2) is 9.97 Å². The van der Waals surface area contributed by atoms with E-state index in [1.807, 2.05) is 0 Å². The number of hydrogen-bond donors (Lipinski definition) is 1. The average molecular weight is 314 g/mol. The largest absolute Gasteiger partial charge is 0.436 e. The quantitative estimate of drug-likeness (QED) is 0.867. The zero-order valence-electron chi connectivity index (χ0n) is 10.3. The van der Waals surface area contributed by atoms with Gasteiger partial charge in [0.2, 0.25) is 0 Å². The summed E-state index contributed by atoms with van der Waals surface area (Å²) in [7, 11) is 0. The summed E-state index contributed by atoms with van der Waals surface area (Å²) < 4.78 is 38.0. The molecular formula is C13H7ClF3N3O. The van der Waals surface area contributed by atoms with Crippen LogP contribution in [0.15, 0.2) is 18.2 Å². The second-order valence-corrected chi connectivity index (χ2v) is 4.31. The third-order valence-corrected chi connectivity index (χ3v) is 2.77. The van der Waals surface area contributed by atoms with Crippen molar-refractivity contribution in [2.45, 2.75) is 6.18 Å². The fourth-order valence-electron chi connectivity index (χ4n) is 1.59. The second-order valence-electron chi connectivity index (χ2n) is 3.95. The van der Waals surface area contributed by atoms with Crippen LogP contribution in [-0.4, -0.2) is 22.4 Å². The van der Waals surface area contributed by atoms with Gasteiger partial charge in [-0.3, -0.25) is 4.79 Å². The highest BCUT2D eigenvalue weighted by molar-refractivity contribution is 6.30. The van der Waals surface area contributed by atoms with Gasteiger partial charge in [-0.15, -0.1) is 6.42 Å². The van der Waals surface area contributed by atoms with Crippen LogP contribution in [0.5, 0.6) is 0 Å². The molecule has 0 bridgehead atoms. The summed E-state index contributed by atoms with van der Waals surface area (Å²) in [6, 6.07) is 3.88. The van der Waals surface area contributed by atoms with Gasteiger partial charge in [0.05, 0.1) is 17.6 Å². The minimum Gasteiger partial charge on any atom is -0.341 e. The Balaban J connectivity index is 2.46. The van der Waals surface area contributed by atoms with Crippen molar-refractivity contribution in [2.24, 2.45) is 0 Å². The Morgan fingerprint density at radius 1 is 1.33 bits per heavy atom. The van der Waals surface area contributed by atoms with Crippen molar-refractivity contribution in [3.8, 4) is 12.3 Å². The molecule has 1 aromatic carbocycles. The Bertz CT molecular complexity index is 753. The molecule has 2 aromatic rings. The number of carbonyl (C=O) groups excluding carboxylic acids is 1. The van der Waals surface area contributed by atoms with Crippen molar-refractivity contribution in [3.63, 3.8) is 0 Å². The van der Waals surface area contributed by atoms with Gasteiger partial charge in [-0.1, -0.05) is 17.5 Å². The van der Waals surface area contributed by atoms with E-state index in [0.29, 0.717) is 0 Å². The molecule has 1 amide bonds. The highest BCUT2D eigenvalue weighted by Crippen LogP contribution is 2.33. The van der Waals surface area contributed by atoms with Crippen LogP contribution in [-0.2, 0) is 6.18 Å². The zero-order chi connectivity index (χ0) is 15.6. The van der Waals surface area contributed by atoms with Crippen molar-refractivity contribution in [3.05, 3.63) is 34.6 Å². The van der Waals surface area contributed by atoms with Gasteiger partial charge >= 0.3 is 6.18 Å². The van der Waals surface area contributed by atoms with Gasteiger partial charge in [-0.2, -0.15) is 13.2 Å². The average Bonchev–Trinajstić information content (AvgIpc) is 2.42. The van der Waals surface area contributed by atoms with E-state index in [2.05, 4.69) is 21.2 Å². The van der Waals surface area contributed by atoms with Gasteiger partial charge in [0.1, 0.15) is 0 Å². The molecule has 0 saturated heterocycles. The van der Waals surface area contributed by atoms with E-state index < -0.39 is 22.9 Å². The number of amides is 1. The number of nitrogens with one attached hydrogen (secondary N) is 1. The van der Waals surface area contributed by atoms with Gasteiger partial charge in [0, 0.05) is 5.56 Å². The van der Waals surface area contributed by atoms with Gasteiger partial charge in [-0.05, 0) is 18.2 Å². The van der Waals surface area contributed by atoms with Crippen LogP contribution in [0, 0.1) is 12.3 Å². The molecule has 0 unspecified atom stereocenters. The lowest BCUT2D eigenvalue weighted by atomic mass is 10.1. The minimum atomic E-state index is -4.69. The third kappa shape index (κ3) is 3.23. The van der Waals surface area contributed by atoms with Crippen molar-refractivity contribution >= 4 is 28.5 Å². The Labute approximate surface area is 122 Å². The highest BCUT2D eigenvalue weighted by atomic mass is 35.5. The number of halogens is 4. The third-order valence-electron chi connectivity index (χ3n) is 2.50. The first-order valence-electron chi connectivity index (χ1n) is 5.59. The number of benzene rings is 1. The summed E-state index contributed by atoms with van der Waals surface area (Å²) in [6.45, 7) is 0.0380. The maximum Gasteiger partial charge on any atom is 0.436 e. The van der Waals surface area contributed by atoms with Gasteiger partial charge in [0.15, 0.2) is 10.8 Å². The summed E-state index contributed by atoms with van der Waals surface area (Å²) in [5.74, 6) is 1.77. The SMILES string of the molecule is C#CCNC(=O)c1ccc2nc(C(F)(F)F)c(Cl)nc2c1. The summed E-state index contributed by atoms with van der Waals surface area (Å²) in [5.41, 5.74) is -0.995. The highest BCUT2D eigenvalue weighted by Gasteiger charge is 2.36. The summed E-state index contributed by atoms with van der Waals surface area (Å²) in [5, 5.41) is 1.66. The van der Waals surface area contributed by atoms with Crippen LogP contribution in [0.4, 0.5) is 13.2 Å². The summed E-state index contributed by atoms with van der Waals surface area (Å²) in [6.07, 6.45) is 0.318. The number of terminal acetylenes is 1. The van der Waals surface area contributed by atoms with Crippen LogP contribution in [0.2, 0.25) is 5.15 Å². The maximum absolute atomic E-state index is 12.7. The number of alkyl halides is 3. The molecule has 0 atom stereocenters. The summed E-state index contributed by atoms with van der Waals surface area (Å²) >= 11 is 5.48. The van der Waals surface area contributed by atoms with Crippen molar-refractivity contribution in [2.75, 3.05) is 6.54 Å². The predicted molar refractivity (Wildman–Crippen MR) is 70.7 cm³/mol. The Morgan fingerprint density at radius 3 is 2.67 bits per heavy atom. The molecule has 0 aliphatic rings. The topological polar surface area (TPSA) is 54.9 Å². The molecule has 0 aliphatic carbocycles. The minimum absolute atomic E-state index is 0.0137. The van der Waals surface area contributed by atoms with E-state index in [0.717, 1.165) is 0 Å². The molecule has 0 spiro atoms. The lowest BCUT2D eigenvalue weighted by Crippen LogP contribution is -2.23. The number of carbonyl (C=O) groups is 1. The molecule has 8 heteroatoms. The standard InChI is InChI=1S/C13H7ClF3N3O/c1-2-5-18-12(21)7-3-4-8-9(6-7)20-11(14)10(19-8)13(15,16)17/h1,3-4,6H,5H2,(H,18,21). The van der Waals surface area contributed by atoms with E-state index in [4.69, 9.17) is 18.0 Å². The monoisotopic (exact) mass is 313 g/mol. The molecule has 0 fully saturated rings. The molecule has 0 aliphatic heterocycles. The number of fused-ring (bicyclic) bond motifs is 1. The van der Waals surface area contributed by atoms with Gasteiger partial charge in [0.25, 0.3) is 5.91 Å². The first-order valence-corrected chi connectivity index (χ1v) is 5.97. The van der Waals surface area contributed by atoms with Crippen molar-refractivity contribution in [1.29, 1.82) is 0 Å². The normalized spacial score (nSPS) is 11.2. The first kappa shape index (κ1) is 15.1. The van der Waals surface area contributed by atoms with Gasteiger partial charge < -0.3 is 5.32 Å². The lowest BCUT2D eigenvalue weighted by Gasteiger charge is -2.09. The number of nitrogens with zero attached hydrogens (tertiary/aromatic N) is 2. The van der Waals surface area contributed by atoms with E-state index in [-0.39, 0.29) is 23.1 Å². The molecular weight excluding hydrogens is 307 g/mol. The molecule has 1 N–H and O–H groups in total. The second kappa shape index (κ2) is 5.58. The fourth-order valence-corrected chi connectivity index (χ4v) is 1.83. The first-order chi connectivity index (χ1) is 9.82. The molecule has 0 saturated carbocycles. The number of hydrogen-bond acceptors (Lipinski definition) is 3. The Kier molecular flexibility index (Phi) is 4.00. The molecule has 2 rings (SSSR count).